The number of hydrogen-bond donors (Lipinski definition) is 3. The number of hydrogen-bond acceptors (Lipinski definition) is 3. The predicted molar refractivity (Wildman–Crippen MR) is 118 cm³/mol. The van der Waals surface area contributed by atoms with Gasteiger partial charge >= 0.3 is 0 Å². The maximum Gasteiger partial charge on any atom is 0.191 e. The molecular formula is C19H35IN4O. The third-order valence-corrected chi connectivity index (χ3v) is 3.35. The number of ether oxygens (including phenoxy) is 1. The first kappa shape index (κ1) is 24.0. The maximum absolute atomic E-state index is 5.73. The molecule has 0 aliphatic carbocycles. The Balaban J connectivity index is 0.00000576. The molecule has 0 radical (unpaired) electrons. The zero-order valence-electron chi connectivity index (χ0n) is 16.5. The highest BCUT2D eigenvalue weighted by molar-refractivity contribution is 14.0. The molecule has 0 unspecified atom stereocenters. The molecule has 0 saturated heterocycles. The van der Waals surface area contributed by atoms with Crippen molar-refractivity contribution in [1.82, 2.24) is 16.0 Å². The van der Waals surface area contributed by atoms with Crippen molar-refractivity contribution < 1.29 is 4.74 Å². The zero-order valence-corrected chi connectivity index (χ0v) is 18.9. The van der Waals surface area contributed by atoms with Crippen LogP contribution in [0.4, 0.5) is 0 Å². The molecule has 0 saturated carbocycles. The number of aliphatic imine (C=N–C) groups is 1. The van der Waals surface area contributed by atoms with Crippen LogP contribution in [0, 0.1) is 6.92 Å². The summed E-state index contributed by atoms with van der Waals surface area (Å²) < 4.78 is 5.73. The van der Waals surface area contributed by atoms with Crippen molar-refractivity contribution in [2.24, 2.45) is 4.99 Å². The lowest BCUT2D eigenvalue weighted by molar-refractivity contribution is 0.336. The molecule has 0 aromatic heterocycles. The summed E-state index contributed by atoms with van der Waals surface area (Å²) in [6, 6.07) is 6.26. The fourth-order valence-electron chi connectivity index (χ4n) is 2.21. The van der Waals surface area contributed by atoms with Gasteiger partial charge < -0.3 is 20.7 Å². The van der Waals surface area contributed by atoms with Crippen molar-refractivity contribution in [2.75, 3.05) is 26.2 Å². The van der Waals surface area contributed by atoms with Gasteiger partial charge in [0.2, 0.25) is 0 Å². The Morgan fingerprint density at radius 3 is 2.44 bits per heavy atom. The minimum atomic E-state index is 0. The van der Waals surface area contributed by atoms with Crippen molar-refractivity contribution in [2.45, 2.75) is 53.6 Å². The van der Waals surface area contributed by atoms with Gasteiger partial charge in [-0.2, -0.15) is 0 Å². The van der Waals surface area contributed by atoms with Crippen molar-refractivity contribution in [1.29, 1.82) is 0 Å². The van der Waals surface area contributed by atoms with Crippen LogP contribution in [0.5, 0.6) is 5.75 Å². The van der Waals surface area contributed by atoms with Gasteiger partial charge in [-0.25, -0.2) is 4.99 Å². The second-order valence-electron chi connectivity index (χ2n) is 6.84. The smallest absolute Gasteiger partial charge is 0.191 e. The van der Waals surface area contributed by atoms with Gasteiger partial charge in [-0.3, -0.25) is 0 Å². The van der Waals surface area contributed by atoms with Crippen LogP contribution in [0.3, 0.4) is 0 Å². The summed E-state index contributed by atoms with van der Waals surface area (Å²) in [6.45, 7) is 16.5. The number of benzene rings is 1. The Kier molecular flexibility index (Phi) is 11.8. The Bertz CT molecular complexity index is 527. The third kappa shape index (κ3) is 10.5. The standard InChI is InChI=1S/C19H34N4O.HI/c1-7-20-18(21-11-12-23-19(4,5)6)22-14-16-10-9-15(3)13-17(16)24-8-2;/h9-10,13,23H,7-8,11-12,14H2,1-6H3,(H2,20,21,22);1H. The van der Waals surface area contributed by atoms with Crippen LogP contribution in [0.2, 0.25) is 0 Å². The van der Waals surface area contributed by atoms with E-state index < -0.39 is 0 Å². The van der Waals surface area contributed by atoms with Crippen molar-refractivity contribution in [3.05, 3.63) is 29.3 Å². The number of nitrogens with one attached hydrogen (secondary N) is 3. The van der Waals surface area contributed by atoms with E-state index in [1.807, 2.05) is 6.92 Å². The van der Waals surface area contributed by atoms with E-state index in [1.54, 1.807) is 0 Å². The van der Waals surface area contributed by atoms with Gasteiger partial charge in [0, 0.05) is 30.7 Å². The van der Waals surface area contributed by atoms with E-state index in [4.69, 9.17) is 4.74 Å². The summed E-state index contributed by atoms with van der Waals surface area (Å²) in [7, 11) is 0. The molecule has 0 aliphatic rings. The Hall–Kier alpha value is -1.02. The first-order valence-electron chi connectivity index (χ1n) is 8.85. The lowest BCUT2D eigenvalue weighted by Gasteiger charge is -2.21. The predicted octanol–water partition coefficient (Wildman–Crippen LogP) is 3.45. The molecular weight excluding hydrogens is 427 g/mol. The van der Waals surface area contributed by atoms with E-state index in [-0.39, 0.29) is 29.5 Å². The van der Waals surface area contributed by atoms with Gasteiger partial charge in [0.05, 0.1) is 13.2 Å². The molecule has 5 nitrogen and oxygen atoms in total. The van der Waals surface area contributed by atoms with E-state index in [0.717, 1.165) is 36.9 Å². The SMILES string of the molecule is CCNC(=NCc1ccc(C)cc1OCC)NCCNC(C)(C)C.I. The third-order valence-electron chi connectivity index (χ3n) is 3.35. The number of rotatable bonds is 8. The van der Waals surface area contributed by atoms with E-state index in [0.29, 0.717) is 13.2 Å². The average molecular weight is 462 g/mol. The van der Waals surface area contributed by atoms with E-state index >= 15 is 0 Å². The summed E-state index contributed by atoms with van der Waals surface area (Å²) >= 11 is 0. The van der Waals surface area contributed by atoms with Crippen LogP contribution >= 0.6 is 24.0 Å². The van der Waals surface area contributed by atoms with Crippen molar-refractivity contribution >= 4 is 29.9 Å². The molecule has 0 spiro atoms. The van der Waals surface area contributed by atoms with Gasteiger partial charge in [0.15, 0.2) is 5.96 Å². The van der Waals surface area contributed by atoms with Crippen LogP contribution in [-0.4, -0.2) is 37.7 Å². The second-order valence-corrected chi connectivity index (χ2v) is 6.84. The fourth-order valence-corrected chi connectivity index (χ4v) is 2.21. The summed E-state index contributed by atoms with van der Waals surface area (Å²) in [4.78, 5) is 4.68. The fraction of sp³-hybridized carbons (Fsp3) is 0.632. The molecule has 0 amide bonds. The molecule has 3 N–H and O–H groups in total. The number of nitrogens with zero attached hydrogens (tertiary/aromatic N) is 1. The number of guanidine groups is 1. The van der Waals surface area contributed by atoms with Gasteiger partial charge in [-0.1, -0.05) is 12.1 Å². The summed E-state index contributed by atoms with van der Waals surface area (Å²) in [6.07, 6.45) is 0. The molecule has 0 aliphatic heterocycles. The highest BCUT2D eigenvalue weighted by Gasteiger charge is 2.08. The average Bonchev–Trinajstić information content (AvgIpc) is 2.50. The van der Waals surface area contributed by atoms with Gasteiger partial charge in [0.1, 0.15) is 5.75 Å². The number of aryl methyl sites for hydroxylation is 1. The van der Waals surface area contributed by atoms with Crippen LogP contribution in [0.25, 0.3) is 0 Å². The largest absolute Gasteiger partial charge is 0.494 e. The maximum atomic E-state index is 5.73. The van der Waals surface area contributed by atoms with Crippen LogP contribution in [-0.2, 0) is 6.54 Å². The highest BCUT2D eigenvalue weighted by Crippen LogP contribution is 2.21. The van der Waals surface area contributed by atoms with Crippen LogP contribution in [0.1, 0.15) is 45.7 Å². The molecule has 1 rings (SSSR count). The minimum Gasteiger partial charge on any atom is -0.494 e. The second kappa shape index (κ2) is 12.4. The van der Waals surface area contributed by atoms with E-state index in [1.165, 1.54) is 5.56 Å². The summed E-state index contributed by atoms with van der Waals surface area (Å²) in [5, 5.41) is 10.1. The lowest BCUT2D eigenvalue weighted by atomic mass is 10.1. The Morgan fingerprint density at radius 1 is 1.12 bits per heavy atom. The van der Waals surface area contributed by atoms with Crippen LogP contribution in [0.15, 0.2) is 23.2 Å². The molecule has 0 heterocycles. The molecule has 25 heavy (non-hydrogen) atoms. The van der Waals surface area contributed by atoms with Gasteiger partial charge in [-0.15, -0.1) is 24.0 Å². The first-order valence-corrected chi connectivity index (χ1v) is 8.85. The monoisotopic (exact) mass is 462 g/mol. The molecule has 0 atom stereocenters. The van der Waals surface area contributed by atoms with E-state index in [9.17, 15) is 0 Å². The van der Waals surface area contributed by atoms with Crippen LogP contribution < -0.4 is 20.7 Å². The molecule has 0 bridgehead atoms. The van der Waals surface area contributed by atoms with Gasteiger partial charge in [-0.05, 0) is 53.2 Å². The normalized spacial score (nSPS) is 11.7. The highest BCUT2D eigenvalue weighted by atomic mass is 127. The summed E-state index contributed by atoms with van der Waals surface area (Å²) in [5.74, 6) is 1.75. The van der Waals surface area contributed by atoms with E-state index in [2.05, 4.69) is 73.8 Å². The first-order chi connectivity index (χ1) is 11.4. The molecule has 6 heteroatoms. The zero-order chi connectivity index (χ0) is 18.0. The summed E-state index contributed by atoms with van der Waals surface area (Å²) in [5.41, 5.74) is 2.43. The lowest BCUT2D eigenvalue weighted by Crippen LogP contribution is -2.44. The molecule has 0 fully saturated rings. The van der Waals surface area contributed by atoms with Crippen molar-refractivity contribution in [3.8, 4) is 5.75 Å². The Labute approximate surface area is 170 Å². The molecule has 1 aromatic carbocycles. The molecule has 144 valence electrons. The van der Waals surface area contributed by atoms with Crippen molar-refractivity contribution in [3.63, 3.8) is 0 Å². The minimum absolute atomic E-state index is 0. The molecule has 1 aromatic rings. The quantitative estimate of drug-likeness (QED) is 0.240. The van der Waals surface area contributed by atoms with Gasteiger partial charge in [0.25, 0.3) is 0 Å². The number of halogens is 1. The Morgan fingerprint density at radius 2 is 1.84 bits per heavy atom. The topological polar surface area (TPSA) is 57.7 Å².